The minimum Gasteiger partial charge on any atom is -0.508 e. The fourth-order valence-corrected chi connectivity index (χ4v) is 4.63. The van der Waals surface area contributed by atoms with Gasteiger partial charge in [-0.25, -0.2) is 4.79 Å². The van der Waals surface area contributed by atoms with Crippen molar-refractivity contribution in [2.75, 3.05) is 6.61 Å². The second-order valence-electron chi connectivity index (χ2n) is 9.38. The molecule has 190 valence electrons. The number of carbonyl (C=O) groups excluding carboxylic acids is 1. The highest BCUT2D eigenvalue weighted by Crippen LogP contribution is 2.33. The standard InChI is InChI=1S/C33H34O4/c1-3-25(27-14-18-30(34)19-15-27)22-24(2)26-16-20-31(21-17-26)36-23-32(35)37-33(28-10-6-4-7-11-28)29-12-8-5-9-13-29/h4-21,24-25,33-34H,3,22-23H2,1-2H3. The average molecular weight is 495 g/mol. The summed E-state index contributed by atoms with van der Waals surface area (Å²) in [6, 6.07) is 34.9. The van der Waals surface area contributed by atoms with Crippen LogP contribution in [0.2, 0.25) is 0 Å². The van der Waals surface area contributed by atoms with Gasteiger partial charge in [0.2, 0.25) is 0 Å². The van der Waals surface area contributed by atoms with E-state index in [0.29, 0.717) is 23.3 Å². The molecule has 1 N–H and O–H groups in total. The maximum absolute atomic E-state index is 12.7. The molecule has 0 fully saturated rings. The van der Waals surface area contributed by atoms with Crippen LogP contribution in [0, 0.1) is 0 Å². The number of phenolic OH excluding ortho intramolecular Hbond substituents is 1. The van der Waals surface area contributed by atoms with Gasteiger partial charge >= 0.3 is 5.97 Å². The van der Waals surface area contributed by atoms with Gasteiger partial charge in [0, 0.05) is 0 Å². The maximum Gasteiger partial charge on any atom is 0.345 e. The lowest BCUT2D eigenvalue weighted by Gasteiger charge is -2.21. The van der Waals surface area contributed by atoms with Gasteiger partial charge in [-0.15, -0.1) is 0 Å². The van der Waals surface area contributed by atoms with E-state index in [1.165, 1.54) is 11.1 Å². The van der Waals surface area contributed by atoms with Gasteiger partial charge in [-0.3, -0.25) is 0 Å². The van der Waals surface area contributed by atoms with E-state index in [1.54, 1.807) is 12.1 Å². The van der Waals surface area contributed by atoms with E-state index >= 15 is 0 Å². The molecule has 2 atom stereocenters. The van der Waals surface area contributed by atoms with Crippen LogP contribution in [0.1, 0.15) is 66.9 Å². The number of ether oxygens (including phenoxy) is 2. The Bertz CT molecular complexity index is 1200. The lowest BCUT2D eigenvalue weighted by Crippen LogP contribution is -2.19. The number of benzene rings is 4. The van der Waals surface area contributed by atoms with Crippen molar-refractivity contribution < 1.29 is 19.4 Å². The number of rotatable bonds is 11. The van der Waals surface area contributed by atoms with Gasteiger partial charge in [-0.2, -0.15) is 0 Å². The Kier molecular flexibility index (Phi) is 8.98. The zero-order chi connectivity index (χ0) is 26.0. The van der Waals surface area contributed by atoms with E-state index in [9.17, 15) is 9.90 Å². The Morgan fingerprint density at radius 3 is 1.81 bits per heavy atom. The van der Waals surface area contributed by atoms with E-state index in [4.69, 9.17) is 9.47 Å². The van der Waals surface area contributed by atoms with Gasteiger partial charge in [0.25, 0.3) is 0 Å². The van der Waals surface area contributed by atoms with Crippen LogP contribution in [0.5, 0.6) is 11.5 Å². The van der Waals surface area contributed by atoms with Crippen LogP contribution in [-0.2, 0) is 9.53 Å². The molecule has 0 saturated heterocycles. The summed E-state index contributed by atoms with van der Waals surface area (Å²) in [4.78, 5) is 12.7. The van der Waals surface area contributed by atoms with Gasteiger partial charge in [0.05, 0.1) is 0 Å². The van der Waals surface area contributed by atoms with Crippen molar-refractivity contribution in [2.45, 2.75) is 44.6 Å². The van der Waals surface area contributed by atoms with Gasteiger partial charge in [0.15, 0.2) is 12.7 Å². The number of hydrogen-bond acceptors (Lipinski definition) is 4. The summed E-state index contributed by atoms with van der Waals surface area (Å²) < 4.78 is 11.6. The first kappa shape index (κ1) is 26.0. The molecule has 4 aromatic rings. The van der Waals surface area contributed by atoms with Crippen LogP contribution in [0.4, 0.5) is 0 Å². The molecular weight excluding hydrogens is 460 g/mol. The lowest BCUT2D eigenvalue weighted by molar-refractivity contribution is -0.149. The van der Waals surface area contributed by atoms with Crippen molar-refractivity contribution >= 4 is 5.97 Å². The molecule has 0 radical (unpaired) electrons. The number of aromatic hydroxyl groups is 1. The summed E-state index contributed by atoms with van der Waals surface area (Å²) >= 11 is 0. The van der Waals surface area contributed by atoms with Gasteiger partial charge in [-0.1, -0.05) is 98.8 Å². The summed E-state index contributed by atoms with van der Waals surface area (Å²) in [5.74, 6) is 1.28. The fourth-order valence-electron chi connectivity index (χ4n) is 4.63. The Hall–Kier alpha value is -4.05. The molecule has 0 aromatic heterocycles. The number of carbonyl (C=O) groups is 1. The first-order chi connectivity index (χ1) is 18.0. The number of phenols is 1. The molecule has 0 amide bonds. The largest absolute Gasteiger partial charge is 0.508 e. The van der Waals surface area contributed by atoms with Crippen LogP contribution >= 0.6 is 0 Å². The summed E-state index contributed by atoms with van der Waals surface area (Å²) in [6.45, 7) is 4.26. The maximum atomic E-state index is 12.7. The second-order valence-corrected chi connectivity index (χ2v) is 9.38. The van der Waals surface area contributed by atoms with Crippen molar-refractivity contribution in [1.82, 2.24) is 0 Å². The molecule has 0 heterocycles. The third-order valence-corrected chi connectivity index (χ3v) is 6.76. The Morgan fingerprint density at radius 1 is 0.730 bits per heavy atom. The Morgan fingerprint density at radius 2 is 1.27 bits per heavy atom. The highest BCUT2D eigenvalue weighted by atomic mass is 16.6. The van der Waals surface area contributed by atoms with Crippen molar-refractivity contribution in [1.29, 1.82) is 0 Å². The van der Waals surface area contributed by atoms with Crippen LogP contribution in [0.15, 0.2) is 109 Å². The zero-order valence-corrected chi connectivity index (χ0v) is 21.4. The number of esters is 1. The first-order valence-corrected chi connectivity index (χ1v) is 12.8. The van der Waals surface area contributed by atoms with E-state index in [0.717, 1.165) is 24.0 Å². The Labute approximate surface area is 219 Å². The highest BCUT2D eigenvalue weighted by molar-refractivity contribution is 5.72. The quantitative estimate of drug-likeness (QED) is 0.216. The summed E-state index contributed by atoms with van der Waals surface area (Å²) in [5.41, 5.74) is 4.30. The van der Waals surface area contributed by atoms with E-state index in [2.05, 4.69) is 26.0 Å². The van der Waals surface area contributed by atoms with Gasteiger partial charge < -0.3 is 14.6 Å². The zero-order valence-electron chi connectivity index (χ0n) is 21.4. The molecule has 0 aliphatic heterocycles. The van der Waals surface area contributed by atoms with Gasteiger partial charge in [0.1, 0.15) is 11.5 Å². The minimum absolute atomic E-state index is 0.163. The molecule has 4 heteroatoms. The van der Waals surface area contributed by atoms with Crippen molar-refractivity contribution in [3.63, 3.8) is 0 Å². The number of hydrogen-bond donors (Lipinski definition) is 1. The van der Waals surface area contributed by atoms with Crippen LogP contribution in [0.3, 0.4) is 0 Å². The van der Waals surface area contributed by atoms with E-state index in [1.807, 2.05) is 84.9 Å². The summed E-state index contributed by atoms with van der Waals surface area (Å²) in [5, 5.41) is 9.58. The molecule has 4 nitrogen and oxygen atoms in total. The third-order valence-electron chi connectivity index (χ3n) is 6.76. The van der Waals surface area contributed by atoms with E-state index < -0.39 is 12.1 Å². The molecule has 0 spiro atoms. The lowest BCUT2D eigenvalue weighted by atomic mass is 9.84. The molecular formula is C33H34O4. The van der Waals surface area contributed by atoms with Crippen LogP contribution in [0.25, 0.3) is 0 Å². The second kappa shape index (κ2) is 12.8. The molecule has 0 bridgehead atoms. The van der Waals surface area contributed by atoms with Crippen molar-refractivity contribution in [3.8, 4) is 11.5 Å². The normalized spacial score (nSPS) is 12.6. The molecule has 4 aromatic carbocycles. The molecule has 0 saturated carbocycles. The molecule has 0 aliphatic carbocycles. The van der Waals surface area contributed by atoms with Crippen LogP contribution < -0.4 is 4.74 Å². The van der Waals surface area contributed by atoms with Gasteiger partial charge in [-0.05, 0) is 71.2 Å². The average Bonchev–Trinajstić information content (AvgIpc) is 2.95. The summed E-state index contributed by atoms with van der Waals surface area (Å²) in [6.07, 6.45) is 1.56. The fraction of sp³-hybridized carbons (Fsp3) is 0.242. The van der Waals surface area contributed by atoms with Crippen molar-refractivity contribution in [3.05, 3.63) is 131 Å². The predicted octanol–water partition coefficient (Wildman–Crippen LogP) is 7.79. The smallest absolute Gasteiger partial charge is 0.345 e. The molecule has 4 rings (SSSR count). The minimum atomic E-state index is -0.484. The molecule has 0 aliphatic rings. The Balaban J connectivity index is 1.34. The molecule has 37 heavy (non-hydrogen) atoms. The van der Waals surface area contributed by atoms with E-state index in [-0.39, 0.29) is 6.61 Å². The monoisotopic (exact) mass is 494 g/mol. The first-order valence-electron chi connectivity index (χ1n) is 12.8. The SMILES string of the molecule is CCC(CC(C)c1ccc(OCC(=O)OC(c2ccccc2)c2ccccc2)cc1)c1ccc(O)cc1. The third kappa shape index (κ3) is 7.23. The topological polar surface area (TPSA) is 55.8 Å². The highest BCUT2D eigenvalue weighted by Gasteiger charge is 2.19. The van der Waals surface area contributed by atoms with Crippen LogP contribution in [-0.4, -0.2) is 17.7 Å². The molecule has 2 unspecified atom stereocenters. The summed E-state index contributed by atoms with van der Waals surface area (Å²) in [7, 11) is 0. The van der Waals surface area contributed by atoms with Crippen molar-refractivity contribution in [2.24, 2.45) is 0 Å². The predicted molar refractivity (Wildman–Crippen MR) is 147 cm³/mol.